The minimum atomic E-state index is -0.955. The summed E-state index contributed by atoms with van der Waals surface area (Å²) in [6, 6.07) is 3.76. The number of methoxy groups -OCH3 is 1. The van der Waals surface area contributed by atoms with Gasteiger partial charge in [0.1, 0.15) is 0 Å². The van der Waals surface area contributed by atoms with E-state index in [9.17, 15) is 13.6 Å². The lowest BCUT2D eigenvalue weighted by Crippen LogP contribution is -2.23. The molecule has 0 atom stereocenters. The second-order valence-corrected chi connectivity index (χ2v) is 2.56. The second-order valence-electron chi connectivity index (χ2n) is 2.56. The molecule has 76 valence electrons. The maximum absolute atomic E-state index is 13.0. The van der Waals surface area contributed by atoms with Crippen molar-refractivity contribution in [1.82, 2.24) is 5.32 Å². The molecule has 1 amide bonds. The molecule has 0 heterocycles. The van der Waals surface area contributed by atoms with E-state index in [-0.39, 0.29) is 12.1 Å². The van der Waals surface area contributed by atoms with Crippen LogP contribution in [-0.4, -0.2) is 13.2 Å². The molecule has 5 heteroatoms. The summed E-state index contributed by atoms with van der Waals surface area (Å²) in [5.41, 5.74) is 0.0791. The molecule has 0 unspecified atom stereocenters. The van der Waals surface area contributed by atoms with E-state index in [2.05, 4.69) is 10.1 Å². The molecule has 0 saturated carbocycles. The highest BCUT2D eigenvalue weighted by Gasteiger charge is 2.08. The normalized spacial score (nSPS) is 9.64. The highest BCUT2D eigenvalue weighted by atomic mass is 19.2. The summed E-state index contributed by atoms with van der Waals surface area (Å²) < 4.78 is 29.9. The van der Waals surface area contributed by atoms with Gasteiger partial charge in [0, 0.05) is 12.1 Å². The molecule has 0 aliphatic carbocycles. The van der Waals surface area contributed by atoms with Gasteiger partial charge in [-0.1, -0.05) is 12.1 Å². The van der Waals surface area contributed by atoms with Crippen molar-refractivity contribution in [3.05, 3.63) is 35.4 Å². The van der Waals surface area contributed by atoms with Crippen LogP contribution in [0.2, 0.25) is 0 Å². The third-order valence-electron chi connectivity index (χ3n) is 1.64. The zero-order valence-corrected chi connectivity index (χ0v) is 7.51. The van der Waals surface area contributed by atoms with E-state index in [4.69, 9.17) is 0 Å². The zero-order chi connectivity index (χ0) is 10.6. The summed E-state index contributed by atoms with van der Waals surface area (Å²) in [5, 5.41) is 2.25. The Kier molecular flexibility index (Phi) is 3.39. The van der Waals surface area contributed by atoms with Crippen molar-refractivity contribution < 1.29 is 18.3 Å². The number of nitrogens with one attached hydrogen (secondary N) is 1. The predicted octanol–water partition coefficient (Wildman–Crippen LogP) is 1.82. The second kappa shape index (κ2) is 4.55. The molecule has 3 nitrogen and oxygen atoms in total. The zero-order valence-electron chi connectivity index (χ0n) is 7.51. The van der Waals surface area contributed by atoms with Crippen LogP contribution in [0.4, 0.5) is 13.6 Å². The first-order valence-electron chi connectivity index (χ1n) is 3.90. The fourth-order valence-corrected chi connectivity index (χ4v) is 0.925. The Balaban J connectivity index is 2.68. The Labute approximate surface area is 79.7 Å². The Bertz CT molecular complexity index is 342. The number of alkyl carbamates (subject to hydrolysis) is 1. The molecule has 0 aliphatic rings. The summed E-state index contributed by atoms with van der Waals surface area (Å²) >= 11 is 0. The van der Waals surface area contributed by atoms with Gasteiger partial charge in [-0.15, -0.1) is 0 Å². The van der Waals surface area contributed by atoms with Crippen LogP contribution in [0.15, 0.2) is 18.2 Å². The minimum absolute atomic E-state index is 0.0791. The standard InChI is InChI=1S/C9H9F2NO2/c1-14-9(13)12-5-6-3-2-4-7(10)8(6)11/h2-4H,5H2,1H3,(H,12,13). The Morgan fingerprint density at radius 3 is 2.86 bits per heavy atom. The number of benzene rings is 1. The SMILES string of the molecule is COC(=O)NCc1cccc(F)c1F. The van der Waals surface area contributed by atoms with Crippen LogP contribution in [0.3, 0.4) is 0 Å². The van der Waals surface area contributed by atoms with Gasteiger partial charge in [0.25, 0.3) is 0 Å². The Morgan fingerprint density at radius 1 is 1.50 bits per heavy atom. The van der Waals surface area contributed by atoms with Gasteiger partial charge in [-0.2, -0.15) is 0 Å². The number of hydrogen-bond donors (Lipinski definition) is 1. The fraction of sp³-hybridized carbons (Fsp3) is 0.222. The number of halogens is 2. The van der Waals surface area contributed by atoms with Gasteiger partial charge in [0.05, 0.1) is 7.11 Å². The van der Waals surface area contributed by atoms with Crippen LogP contribution in [-0.2, 0) is 11.3 Å². The maximum atomic E-state index is 13.0. The summed E-state index contributed by atoms with van der Waals surface area (Å²) in [7, 11) is 1.19. The number of carbonyl (C=O) groups is 1. The van der Waals surface area contributed by atoms with Gasteiger partial charge in [-0.05, 0) is 6.07 Å². The first-order chi connectivity index (χ1) is 6.65. The van der Waals surface area contributed by atoms with Crippen LogP contribution in [0.25, 0.3) is 0 Å². The summed E-state index contributed by atoms with van der Waals surface area (Å²) in [5.74, 6) is -1.89. The summed E-state index contributed by atoms with van der Waals surface area (Å²) in [6.45, 7) is -0.101. The molecule has 0 fully saturated rings. The number of hydrogen-bond acceptors (Lipinski definition) is 2. The van der Waals surface area contributed by atoms with Crippen molar-refractivity contribution in [3.8, 4) is 0 Å². The molecule has 0 bridgehead atoms. The van der Waals surface area contributed by atoms with E-state index in [1.165, 1.54) is 19.2 Å². The van der Waals surface area contributed by atoms with Gasteiger partial charge >= 0.3 is 6.09 Å². The van der Waals surface area contributed by atoms with Crippen molar-refractivity contribution in [1.29, 1.82) is 0 Å². The predicted molar refractivity (Wildman–Crippen MR) is 45.6 cm³/mol. The smallest absolute Gasteiger partial charge is 0.407 e. The van der Waals surface area contributed by atoms with Crippen LogP contribution >= 0.6 is 0 Å². The van der Waals surface area contributed by atoms with Gasteiger partial charge in [-0.25, -0.2) is 13.6 Å². The number of rotatable bonds is 2. The summed E-state index contributed by atoms with van der Waals surface area (Å²) in [4.78, 5) is 10.6. The molecule has 0 aliphatic heterocycles. The lowest BCUT2D eigenvalue weighted by Gasteiger charge is -2.04. The largest absolute Gasteiger partial charge is 0.453 e. The average Bonchev–Trinajstić information content (AvgIpc) is 2.20. The lowest BCUT2D eigenvalue weighted by atomic mass is 10.2. The number of carbonyl (C=O) groups excluding carboxylic acids is 1. The van der Waals surface area contributed by atoms with Crippen LogP contribution in [0, 0.1) is 11.6 Å². The Hall–Kier alpha value is -1.65. The van der Waals surface area contributed by atoms with Crippen molar-refractivity contribution in [2.24, 2.45) is 0 Å². The van der Waals surface area contributed by atoms with Gasteiger partial charge in [0.2, 0.25) is 0 Å². The van der Waals surface area contributed by atoms with Gasteiger partial charge in [-0.3, -0.25) is 0 Å². The van der Waals surface area contributed by atoms with Crippen molar-refractivity contribution >= 4 is 6.09 Å². The van der Waals surface area contributed by atoms with Crippen molar-refractivity contribution in [2.75, 3.05) is 7.11 Å². The van der Waals surface area contributed by atoms with Crippen LogP contribution in [0.5, 0.6) is 0 Å². The minimum Gasteiger partial charge on any atom is -0.453 e. The monoisotopic (exact) mass is 201 g/mol. The molecule has 14 heavy (non-hydrogen) atoms. The van der Waals surface area contributed by atoms with Crippen LogP contribution < -0.4 is 5.32 Å². The molecule has 1 aromatic rings. The van der Waals surface area contributed by atoms with E-state index in [1.54, 1.807) is 0 Å². The molecule has 0 saturated heterocycles. The van der Waals surface area contributed by atoms with E-state index in [1.807, 2.05) is 0 Å². The first kappa shape index (κ1) is 10.4. The van der Waals surface area contributed by atoms with Gasteiger partial charge in [0.15, 0.2) is 11.6 Å². The number of ether oxygens (including phenoxy) is 1. The molecule has 0 radical (unpaired) electrons. The fourth-order valence-electron chi connectivity index (χ4n) is 0.925. The quantitative estimate of drug-likeness (QED) is 0.792. The molecule has 1 N–H and O–H groups in total. The maximum Gasteiger partial charge on any atom is 0.407 e. The highest BCUT2D eigenvalue weighted by molar-refractivity contribution is 5.66. The highest BCUT2D eigenvalue weighted by Crippen LogP contribution is 2.10. The third kappa shape index (κ3) is 2.42. The average molecular weight is 201 g/mol. The topological polar surface area (TPSA) is 38.3 Å². The molecular formula is C9H9F2NO2. The molecular weight excluding hydrogens is 192 g/mol. The van der Waals surface area contributed by atoms with E-state index in [0.717, 1.165) is 6.07 Å². The van der Waals surface area contributed by atoms with Crippen molar-refractivity contribution in [3.63, 3.8) is 0 Å². The third-order valence-corrected chi connectivity index (χ3v) is 1.64. The number of amides is 1. The summed E-state index contributed by atoms with van der Waals surface area (Å²) in [6.07, 6.45) is -0.686. The molecule has 1 rings (SSSR count). The first-order valence-corrected chi connectivity index (χ1v) is 3.90. The van der Waals surface area contributed by atoms with Crippen molar-refractivity contribution in [2.45, 2.75) is 6.54 Å². The van der Waals surface area contributed by atoms with Crippen LogP contribution in [0.1, 0.15) is 5.56 Å². The van der Waals surface area contributed by atoms with E-state index >= 15 is 0 Å². The molecule has 0 aromatic heterocycles. The lowest BCUT2D eigenvalue weighted by molar-refractivity contribution is 0.170. The van der Waals surface area contributed by atoms with E-state index in [0.29, 0.717) is 0 Å². The van der Waals surface area contributed by atoms with Gasteiger partial charge < -0.3 is 10.1 Å². The Morgan fingerprint density at radius 2 is 2.21 bits per heavy atom. The molecule has 0 spiro atoms. The van der Waals surface area contributed by atoms with E-state index < -0.39 is 17.7 Å². The molecule has 1 aromatic carbocycles.